The van der Waals surface area contributed by atoms with Crippen LogP contribution in [0, 0.1) is 6.92 Å². The fourth-order valence-electron chi connectivity index (χ4n) is 1.74. The highest BCUT2D eigenvalue weighted by molar-refractivity contribution is 7.09. The van der Waals surface area contributed by atoms with Gasteiger partial charge in [-0.3, -0.25) is 0 Å². The van der Waals surface area contributed by atoms with Crippen molar-refractivity contribution < 1.29 is 4.74 Å². The van der Waals surface area contributed by atoms with Gasteiger partial charge in [0.05, 0.1) is 6.61 Å². The molecule has 0 aliphatic carbocycles. The Labute approximate surface area is 111 Å². The van der Waals surface area contributed by atoms with Crippen molar-refractivity contribution in [2.24, 2.45) is 0 Å². The van der Waals surface area contributed by atoms with Crippen molar-refractivity contribution in [2.45, 2.75) is 20.4 Å². The van der Waals surface area contributed by atoms with Crippen LogP contribution in [-0.4, -0.2) is 28.5 Å². The summed E-state index contributed by atoms with van der Waals surface area (Å²) in [7, 11) is 1.98. The molecule has 0 fully saturated rings. The molecule has 5 nitrogen and oxygen atoms in total. The summed E-state index contributed by atoms with van der Waals surface area (Å²) in [5.41, 5.74) is 2.37. The lowest BCUT2D eigenvalue weighted by molar-refractivity contribution is 0.338. The van der Waals surface area contributed by atoms with Gasteiger partial charge in [0.2, 0.25) is 5.13 Å². The molecule has 0 spiro atoms. The van der Waals surface area contributed by atoms with Gasteiger partial charge in [0.15, 0.2) is 0 Å². The molecule has 1 aromatic heterocycles. The van der Waals surface area contributed by atoms with Gasteiger partial charge >= 0.3 is 0 Å². The molecule has 0 saturated carbocycles. The molecule has 0 radical (unpaired) electrons. The van der Waals surface area contributed by atoms with Crippen LogP contribution in [0.15, 0.2) is 18.2 Å². The number of aromatic nitrogens is 3. The predicted molar refractivity (Wildman–Crippen MR) is 72.2 cm³/mol. The maximum atomic E-state index is 5.52. The zero-order valence-corrected chi connectivity index (χ0v) is 11.6. The van der Waals surface area contributed by atoms with E-state index < -0.39 is 0 Å². The molecule has 0 atom stereocenters. The van der Waals surface area contributed by atoms with Crippen LogP contribution in [0.4, 0.5) is 5.13 Å². The van der Waals surface area contributed by atoms with Crippen molar-refractivity contribution in [3.8, 4) is 5.75 Å². The van der Waals surface area contributed by atoms with E-state index in [-0.39, 0.29) is 0 Å². The Kier molecular flexibility index (Phi) is 4.09. The van der Waals surface area contributed by atoms with Crippen molar-refractivity contribution in [1.82, 2.24) is 14.8 Å². The van der Waals surface area contributed by atoms with Crippen LogP contribution in [0.25, 0.3) is 0 Å². The van der Waals surface area contributed by atoms with Gasteiger partial charge in [-0.2, -0.15) is 0 Å². The minimum absolute atomic E-state index is 0.691. The number of hydrogen-bond donors (Lipinski definition) is 0. The Morgan fingerprint density at radius 3 is 2.83 bits per heavy atom. The molecule has 0 aliphatic heterocycles. The average Bonchev–Trinajstić information content (AvgIpc) is 2.86. The molecule has 0 bridgehead atoms. The summed E-state index contributed by atoms with van der Waals surface area (Å²) < 4.78 is 9.28. The standard InChI is InChI=1S/C12H16N4OS/c1-4-17-11-6-5-10(7-9(11)2)8-16(3)12-13-14-15-18-12/h5-7H,4,8H2,1-3H3. The molecule has 0 unspecified atom stereocenters. The number of ether oxygens (including phenoxy) is 1. The molecular formula is C12H16N4OS. The number of nitrogens with zero attached hydrogens (tertiary/aromatic N) is 4. The maximum Gasteiger partial charge on any atom is 0.227 e. The maximum absolute atomic E-state index is 5.52. The normalized spacial score (nSPS) is 10.4. The highest BCUT2D eigenvalue weighted by Crippen LogP contribution is 2.21. The fourth-order valence-corrected chi connectivity index (χ4v) is 2.17. The summed E-state index contributed by atoms with van der Waals surface area (Å²) in [5, 5.41) is 8.36. The van der Waals surface area contributed by atoms with Gasteiger partial charge in [0, 0.05) is 25.1 Å². The lowest BCUT2D eigenvalue weighted by Crippen LogP contribution is -2.16. The van der Waals surface area contributed by atoms with E-state index in [0.717, 1.165) is 23.0 Å². The Hall–Kier alpha value is -1.69. The molecule has 0 N–H and O–H groups in total. The molecule has 18 heavy (non-hydrogen) atoms. The minimum Gasteiger partial charge on any atom is -0.494 e. The van der Waals surface area contributed by atoms with E-state index in [0.29, 0.717) is 6.61 Å². The third kappa shape index (κ3) is 2.95. The van der Waals surface area contributed by atoms with E-state index in [1.54, 1.807) is 0 Å². The van der Waals surface area contributed by atoms with Crippen molar-refractivity contribution in [2.75, 3.05) is 18.6 Å². The average molecular weight is 264 g/mol. The molecule has 2 aromatic rings. The van der Waals surface area contributed by atoms with E-state index in [1.807, 2.05) is 24.9 Å². The van der Waals surface area contributed by atoms with E-state index in [1.165, 1.54) is 17.1 Å². The first kappa shape index (κ1) is 12.8. The second kappa shape index (κ2) is 5.77. The van der Waals surface area contributed by atoms with E-state index in [2.05, 4.69) is 33.9 Å². The van der Waals surface area contributed by atoms with Gasteiger partial charge in [-0.1, -0.05) is 21.7 Å². The molecule has 1 heterocycles. The smallest absolute Gasteiger partial charge is 0.227 e. The third-order valence-corrected chi connectivity index (χ3v) is 3.29. The number of hydrogen-bond acceptors (Lipinski definition) is 6. The molecule has 1 aromatic carbocycles. The zero-order chi connectivity index (χ0) is 13.0. The Morgan fingerprint density at radius 1 is 1.39 bits per heavy atom. The van der Waals surface area contributed by atoms with Crippen LogP contribution < -0.4 is 9.64 Å². The summed E-state index contributed by atoms with van der Waals surface area (Å²) in [6.45, 7) is 5.52. The number of rotatable bonds is 5. The van der Waals surface area contributed by atoms with Crippen LogP contribution in [-0.2, 0) is 6.54 Å². The quantitative estimate of drug-likeness (QED) is 0.829. The van der Waals surface area contributed by atoms with Gasteiger partial charge < -0.3 is 9.64 Å². The fraction of sp³-hybridized carbons (Fsp3) is 0.417. The first-order chi connectivity index (χ1) is 8.70. The second-order valence-electron chi connectivity index (χ2n) is 4.03. The largest absolute Gasteiger partial charge is 0.494 e. The van der Waals surface area contributed by atoms with Crippen LogP contribution in [0.3, 0.4) is 0 Å². The predicted octanol–water partition coefficient (Wildman–Crippen LogP) is 2.28. The Bertz CT molecular complexity index is 501. The highest BCUT2D eigenvalue weighted by atomic mass is 32.1. The molecule has 2 rings (SSSR count). The van der Waals surface area contributed by atoms with Crippen LogP contribution in [0.2, 0.25) is 0 Å². The van der Waals surface area contributed by atoms with Gasteiger partial charge in [-0.05, 0) is 36.3 Å². The first-order valence-electron chi connectivity index (χ1n) is 5.79. The molecular weight excluding hydrogens is 248 g/mol. The molecule has 0 amide bonds. The zero-order valence-electron chi connectivity index (χ0n) is 10.8. The Balaban J connectivity index is 2.08. The van der Waals surface area contributed by atoms with E-state index >= 15 is 0 Å². The van der Waals surface area contributed by atoms with Gasteiger partial charge in [0.25, 0.3) is 0 Å². The lowest BCUT2D eigenvalue weighted by atomic mass is 10.1. The van der Waals surface area contributed by atoms with Crippen molar-refractivity contribution >= 4 is 16.7 Å². The first-order valence-corrected chi connectivity index (χ1v) is 6.56. The van der Waals surface area contributed by atoms with Gasteiger partial charge in [-0.25, -0.2) is 0 Å². The summed E-state index contributed by atoms with van der Waals surface area (Å²) in [6.07, 6.45) is 0. The third-order valence-electron chi connectivity index (χ3n) is 2.57. The highest BCUT2D eigenvalue weighted by Gasteiger charge is 2.07. The summed E-state index contributed by atoms with van der Waals surface area (Å²) >= 11 is 1.29. The molecule has 96 valence electrons. The van der Waals surface area contributed by atoms with Gasteiger partial charge in [0.1, 0.15) is 5.75 Å². The molecule has 0 saturated heterocycles. The van der Waals surface area contributed by atoms with Crippen LogP contribution in [0.1, 0.15) is 18.1 Å². The summed E-state index contributed by atoms with van der Waals surface area (Å²) in [6, 6.07) is 6.22. The van der Waals surface area contributed by atoms with Crippen molar-refractivity contribution in [3.05, 3.63) is 29.3 Å². The number of benzene rings is 1. The number of anilines is 1. The van der Waals surface area contributed by atoms with Crippen molar-refractivity contribution in [3.63, 3.8) is 0 Å². The summed E-state index contributed by atoms with van der Waals surface area (Å²) in [4.78, 5) is 2.03. The summed E-state index contributed by atoms with van der Waals surface area (Å²) in [5.74, 6) is 0.946. The second-order valence-corrected chi connectivity index (χ2v) is 4.74. The lowest BCUT2D eigenvalue weighted by Gasteiger charge is -2.15. The molecule has 0 aliphatic rings. The SMILES string of the molecule is CCOc1ccc(CN(C)c2nnns2)cc1C. The number of aryl methyl sites for hydroxylation is 1. The molecule has 6 heteroatoms. The van der Waals surface area contributed by atoms with Crippen LogP contribution in [0.5, 0.6) is 5.75 Å². The van der Waals surface area contributed by atoms with E-state index in [9.17, 15) is 0 Å². The monoisotopic (exact) mass is 264 g/mol. The topological polar surface area (TPSA) is 51.1 Å². The minimum atomic E-state index is 0.691. The van der Waals surface area contributed by atoms with E-state index in [4.69, 9.17) is 4.74 Å². The van der Waals surface area contributed by atoms with Crippen molar-refractivity contribution in [1.29, 1.82) is 0 Å². The van der Waals surface area contributed by atoms with Crippen LogP contribution >= 0.6 is 11.5 Å². The Morgan fingerprint density at radius 2 is 2.22 bits per heavy atom. The van der Waals surface area contributed by atoms with Gasteiger partial charge in [-0.15, -0.1) is 0 Å².